The third-order valence-electron chi connectivity index (χ3n) is 7.22. The summed E-state index contributed by atoms with van der Waals surface area (Å²) in [5.74, 6) is -1.64. The highest BCUT2D eigenvalue weighted by molar-refractivity contribution is 6.03. The Kier molecular flexibility index (Phi) is 8.67. The first kappa shape index (κ1) is 28.6. The van der Waals surface area contributed by atoms with Gasteiger partial charge in [0.25, 0.3) is 5.91 Å². The van der Waals surface area contributed by atoms with Gasteiger partial charge in [-0.05, 0) is 54.0 Å². The first-order valence-corrected chi connectivity index (χ1v) is 13.3. The highest BCUT2D eigenvalue weighted by Crippen LogP contribution is 2.38. The van der Waals surface area contributed by atoms with E-state index in [1.165, 1.54) is 17.7 Å². The molecule has 0 fully saturated rings. The van der Waals surface area contributed by atoms with Gasteiger partial charge in [-0.3, -0.25) is 9.59 Å². The number of halogens is 2. The molecule has 0 bridgehead atoms. The average Bonchev–Trinajstić information content (AvgIpc) is 3.18. The first-order chi connectivity index (χ1) is 18.5. The van der Waals surface area contributed by atoms with Crippen molar-refractivity contribution in [3.05, 3.63) is 93.4 Å². The molecule has 1 aliphatic carbocycles. The van der Waals surface area contributed by atoms with Crippen molar-refractivity contribution >= 4 is 11.7 Å². The molecule has 2 unspecified atom stereocenters. The van der Waals surface area contributed by atoms with Crippen LogP contribution in [0.5, 0.6) is 0 Å². The Balaban J connectivity index is 1.52. The van der Waals surface area contributed by atoms with Crippen molar-refractivity contribution in [3.63, 3.8) is 0 Å². The molecule has 3 N–H and O–H groups in total. The van der Waals surface area contributed by atoms with Crippen molar-refractivity contribution in [1.82, 2.24) is 10.6 Å². The molecule has 6 nitrogen and oxygen atoms in total. The maximum absolute atomic E-state index is 13.9. The van der Waals surface area contributed by atoms with E-state index in [9.17, 15) is 23.5 Å². The molecule has 4 rings (SSSR count). The van der Waals surface area contributed by atoms with E-state index < -0.39 is 29.7 Å². The molecular weight excluding hydrogens is 502 g/mol. The van der Waals surface area contributed by atoms with Crippen LogP contribution >= 0.6 is 0 Å². The summed E-state index contributed by atoms with van der Waals surface area (Å²) in [7, 11) is 0. The van der Waals surface area contributed by atoms with Gasteiger partial charge in [0.1, 0.15) is 17.4 Å². The number of aliphatic hydroxyl groups excluding tert-OH is 1. The Morgan fingerprint density at radius 3 is 2.46 bits per heavy atom. The lowest BCUT2D eigenvalue weighted by molar-refractivity contribution is 0.0798. The topological polar surface area (TPSA) is 91.6 Å². The number of hydrogen-bond donors (Lipinski definition) is 3. The Hall–Kier alpha value is -3.36. The lowest BCUT2D eigenvalue weighted by Crippen LogP contribution is -2.48. The summed E-state index contributed by atoms with van der Waals surface area (Å²) < 4.78 is 33.7. The molecule has 1 aliphatic rings. The molecule has 8 heteroatoms. The van der Waals surface area contributed by atoms with Crippen LogP contribution in [-0.4, -0.2) is 35.5 Å². The number of carbonyl (C=O) groups is 2. The highest BCUT2D eigenvalue weighted by Gasteiger charge is 2.37. The summed E-state index contributed by atoms with van der Waals surface area (Å²) in [5.41, 5.74) is 3.18. The van der Waals surface area contributed by atoms with Gasteiger partial charge in [-0.15, -0.1) is 0 Å². The van der Waals surface area contributed by atoms with Crippen LogP contribution in [0, 0.1) is 24.0 Å². The largest absolute Gasteiger partial charge is 0.455 e. The maximum atomic E-state index is 13.9. The molecule has 3 aromatic rings. The van der Waals surface area contributed by atoms with Gasteiger partial charge in [-0.25, -0.2) is 8.78 Å². The number of benzene rings is 2. The Morgan fingerprint density at radius 1 is 1.08 bits per heavy atom. The van der Waals surface area contributed by atoms with E-state index in [-0.39, 0.29) is 29.9 Å². The van der Waals surface area contributed by atoms with Gasteiger partial charge in [0.05, 0.1) is 17.7 Å². The van der Waals surface area contributed by atoms with Crippen LogP contribution < -0.4 is 10.6 Å². The van der Waals surface area contributed by atoms with Crippen molar-refractivity contribution in [2.24, 2.45) is 5.41 Å². The zero-order valence-electron chi connectivity index (χ0n) is 22.9. The molecule has 2 aromatic carbocycles. The predicted octanol–water partition coefficient (Wildman–Crippen LogP) is 5.08. The number of nitrogens with one attached hydrogen (secondary N) is 2. The number of rotatable bonds is 10. The maximum Gasteiger partial charge on any atom is 0.287 e. The summed E-state index contributed by atoms with van der Waals surface area (Å²) in [4.78, 5) is 26.1. The van der Waals surface area contributed by atoms with E-state index in [1.807, 2.05) is 32.0 Å². The lowest BCUT2D eigenvalue weighted by atomic mass is 9.76. The Labute approximate surface area is 227 Å². The molecule has 0 saturated carbocycles. The summed E-state index contributed by atoms with van der Waals surface area (Å²) in [5, 5.41) is 17.1. The summed E-state index contributed by atoms with van der Waals surface area (Å²) in [6.07, 6.45) is 0.703. The van der Waals surface area contributed by atoms with E-state index in [0.29, 0.717) is 41.8 Å². The summed E-state index contributed by atoms with van der Waals surface area (Å²) in [6.45, 7) is 8.32. The van der Waals surface area contributed by atoms with E-state index in [4.69, 9.17) is 4.42 Å². The van der Waals surface area contributed by atoms with Crippen LogP contribution in [0.3, 0.4) is 0 Å². The van der Waals surface area contributed by atoms with Gasteiger partial charge in [0.2, 0.25) is 0 Å². The number of hydrogen-bond acceptors (Lipinski definition) is 5. The summed E-state index contributed by atoms with van der Waals surface area (Å²) in [6, 6.07) is 10.3. The van der Waals surface area contributed by atoms with Crippen LogP contribution in [-0.2, 0) is 25.8 Å². The molecule has 1 heterocycles. The molecule has 1 aromatic heterocycles. The second-order valence-corrected chi connectivity index (χ2v) is 11.2. The zero-order valence-corrected chi connectivity index (χ0v) is 22.9. The standard InChI is InChI=1S/C31H36F2N2O4/c1-5-19-7-6-8-20(9-19)16-34-17-26(37)24(12-21-10-22(32)13-23(33)11-21)35-30(38)29-18(2)28-25(36)14-31(3,4)15-27(28)39-29/h6-11,13,24,26,34,37H,5,12,14-17H2,1-4H3,(H,35,38). The minimum absolute atomic E-state index is 0.0120. The number of fused-ring (bicyclic) bond motifs is 1. The molecule has 1 amide bonds. The number of amides is 1. The number of aryl methyl sites for hydroxylation is 1. The van der Waals surface area contributed by atoms with Crippen LogP contribution in [0.15, 0.2) is 46.9 Å². The molecule has 0 aliphatic heterocycles. The van der Waals surface area contributed by atoms with E-state index in [1.54, 1.807) is 6.92 Å². The van der Waals surface area contributed by atoms with Gasteiger partial charge in [0, 0.05) is 37.6 Å². The fraction of sp³-hybridized carbons (Fsp3) is 0.419. The average molecular weight is 539 g/mol. The predicted molar refractivity (Wildman–Crippen MR) is 145 cm³/mol. The minimum Gasteiger partial charge on any atom is -0.455 e. The molecule has 39 heavy (non-hydrogen) atoms. The van der Waals surface area contributed by atoms with Crippen molar-refractivity contribution in [1.29, 1.82) is 0 Å². The SMILES string of the molecule is CCc1cccc(CNCC(O)C(Cc2cc(F)cc(F)c2)NC(=O)c2oc3c(c2C)C(=O)CC(C)(C)C3)c1. The van der Waals surface area contributed by atoms with Gasteiger partial charge in [-0.1, -0.05) is 45.0 Å². The Bertz CT molecular complexity index is 1340. The van der Waals surface area contributed by atoms with Crippen LogP contribution in [0.2, 0.25) is 0 Å². The fourth-order valence-corrected chi connectivity index (χ4v) is 5.27. The quantitative estimate of drug-likeness (QED) is 0.335. The molecule has 0 saturated heterocycles. The van der Waals surface area contributed by atoms with Gasteiger partial charge < -0.3 is 20.2 Å². The van der Waals surface area contributed by atoms with Crippen LogP contribution in [0.1, 0.15) is 76.1 Å². The third-order valence-corrected chi connectivity index (χ3v) is 7.22. The third kappa shape index (κ3) is 6.99. The van der Waals surface area contributed by atoms with Crippen molar-refractivity contribution in [2.75, 3.05) is 6.54 Å². The number of carbonyl (C=O) groups excluding carboxylic acids is 2. The van der Waals surface area contributed by atoms with Crippen molar-refractivity contribution < 1.29 is 27.9 Å². The van der Waals surface area contributed by atoms with E-state index >= 15 is 0 Å². The molecule has 208 valence electrons. The zero-order chi connectivity index (χ0) is 28.3. The molecular formula is C31H36F2N2O4. The van der Waals surface area contributed by atoms with Gasteiger partial charge in [0.15, 0.2) is 11.5 Å². The lowest BCUT2D eigenvalue weighted by Gasteiger charge is -2.27. The van der Waals surface area contributed by atoms with Crippen molar-refractivity contribution in [3.8, 4) is 0 Å². The minimum atomic E-state index is -1.08. The second-order valence-electron chi connectivity index (χ2n) is 11.2. The van der Waals surface area contributed by atoms with E-state index in [2.05, 4.69) is 23.6 Å². The summed E-state index contributed by atoms with van der Waals surface area (Å²) >= 11 is 0. The Morgan fingerprint density at radius 2 is 1.77 bits per heavy atom. The fourth-order valence-electron chi connectivity index (χ4n) is 5.27. The number of Topliss-reactive ketones (excluding diaryl/α,β-unsaturated/α-hetero) is 1. The van der Waals surface area contributed by atoms with Crippen LogP contribution in [0.25, 0.3) is 0 Å². The first-order valence-electron chi connectivity index (χ1n) is 13.3. The molecule has 0 spiro atoms. The normalized spacial score (nSPS) is 16.0. The van der Waals surface area contributed by atoms with Crippen LogP contribution in [0.4, 0.5) is 8.78 Å². The highest BCUT2D eigenvalue weighted by atomic mass is 19.1. The smallest absolute Gasteiger partial charge is 0.287 e. The van der Waals surface area contributed by atoms with E-state index in [0.717, 1.165) is 18.1 Å². The van der Waals surface area contributed by atoms with Gasteiger partial charge in [-0.2, -0.15) is 0 Å². The van der Waals surface area contributed by atoms with Crippen molar-refractivity contribution in [2.45, 2.75) is 72.1 Å². The second kappa shape index (κ2) is 11.8. The number of furan rings is 1. The number of ketones is 1. The molecule has 2 atom stereocenters. The monoisotopic (exact) mass is 538 g/mol. The van der Waals surface area contributed by atoms with Gasteiger partial charge >= 0.3 is 0 Å². The molecule has 0 radical (unpaired) electrons. The number of aliphatic hydroxyl groups is 1.